The van der Waals surface area contributed by atoms with E-state index in [1.807, 2.05) is 6.07 Å². The summed E-state index contributed by atoms with van der Waals surface area (Å²) in [7, 11) is 1.56. The lowest BCUT2D eigenvalue weighted by Gasteiger charge is -2.25. The molecule has 7 nitrogen and oxygen atoms in total. The van der Waals surface area contributed by atoms with Gasteiger partial charge in [-0.25, -0.2) is 4.79 Å². The predicted octanol–water partition coefficient (Wildman–Crippen LogP) is 3.46. The van der Waals surface area contributed by atoms with E-state index in [4.69, 9.17) is 9.47 Å². The van der Waals surface area contributed by atoms with Crippen LogP contribution in [-0.4, -0.2) is 30.5 Å². The number of esters is 1. The minimum absolute atomic E-state index is 0.0436. The zero-order valence-electron chi connectivity index (χ0n) is 18.6. The third kappa shape index (κ3) is 7.77. The van der Waals surface area contributed by atoms with E-state index in [1.54, 1.807) is 76.4 Å². The van der Waals surface area contributed by atoms with Gasteiger partial charge in [0.15, 0.2) is 6.04 Å². The number of ether oxygens (including phenoxy) is 2. The molecule has 166 valence electrons. The number of methoxy groups -OCH3 is 1. The number of hydrogen-bond acceptors (Lipinski definition) is 5. The number of rotatable bonds is 8. The van der Waals surface area contributed by atoms with Crippen molar-refractivity contribution in [3.63, 3.8) is 0 Å². The smallest absolute Gasteiger partial charge is 0.333 e. The second kappa shape index (κ2) is 10.6. The van der Waals surface area contributed by atoms with Crippen molar-refractivity contribution in [1.29, 1.82) is 0 Å². The molecule has 0 heterocycles. The Labute approximate surface area is 183 Å². The molecule has 0 spiro atoms. The van der Waals surface area contributed by atoms with Crippen molar-refractivity contribution in [1.82, 2.24) is 10.6 Å². The Morgan fingerprint density at radius 2 is 1.52 bits per heavy atom. The number of carbonyl (C=O) groups is 3. The molecule has 2 N–H and O–H groups in total. The van der Waals surface area contributed by atoms with Crippen LogP contribution in [0.4, 0.5) is 0 Å². The molecule has 0 aliphatic rings. The van der Waals surface area contributed by atoms with Crippen LogP contribution in [0.15, 0.2) is 54.6 Å². The molecule has 2 atom stereocenters. The average molecular weight is 427 g/mol. The van der Waals surface area contributed by atoms with Crippen molar-refractivity contribution in [3.8, 4) is 5.75 Å². The Bertz CT molecular complexity index is 888. The summed E-state index contributed by atoms with van der Waals surface area (Å²) in [5.41, 5.74) is 0.668. The molecular formula is C24H30N2O5. The minimum atomic E-state index is -0.957. The van der Waals surface area contributed by atoms with E-state index in [9.17, 15) is 14.4 Å². The van der Waals surface area contributed by atoms with Gasteiger partial charge in [0.1, 0.15) is 11.4 Å². The Morgan fingerprint density at radius 3 is 2.03 bits per heavy atom. The van der Waals surface area contributed by atoms with Gasteiger partial charge in [-0.05, 0) is 44.0 Å². The molecule has 0 bridgehead atoms. The zero-order valence-corrected chi connectivity index (χ0v) is 18.6. The summed E-state index contributed by atoms with van der Waals surface area (Å²) in [4.78, 5) is 37.4. The van der Waals surface area contributed by atoms with Crippen LogP contribution in [0.25, 0.3) is 0 Å². The fraction of sp³-hybridized carbons (Fsp3) is 0.375. The number of hydrogen-bond donors (Lipinski definition) is 2. The van der Waals surface area contributed by atoms with Crippen LogP contribution in [0.1, 0.15) is 57.3 Å². The molecule has 2 rings (SSSR count). The van der Waals surface area contributed by atoms with Gasteiger partial charge in [-0.3, -0.25) is 9.59 Å². The maximum atomic E-state index is 12.9. The maximum absolute atomic E-state index is 12.9. The normalized spacial score (nSPS) is 12.9. The first kappa shape index (κ1) is 23.9. The summed E-state index contributed by atoms with van der Waals surface area (Å²) in [5.74, 6) is -0.536. The third-order valence-electron chi connectivity index (χ3n) is 4.37. The lowest BCUT2D eigenvalue weighted by Crippen LogP contribution is -2.39. The van der Waals surface area contributed by atoms with Gasteiger partial charge in [-0.15, -0.1) is 0 Å². The first-order valence-electron chi connectivity index (χ1n) is 10.1. The summed E-state index contributed by atoms with van der Waals surface area (Å²) in [6.45, 7) is 6.70. The van der Waals surface area contributed by atoms with Crippen molar-refractivity contribution in [2.24, 2.45) is 0 Å². The largest absolute Gasteiger partial charge is 0.497 e. The molecule has 0 fully saturated rings. The highest BCUT2D eigenvalue weighted by molar-refractivity contribution is 5.86. The molecule has 0 aromatic heterocycles. The van der Waals surface area contributed by atoms with Crippen LogP contribution >= 0.6 is 0 Å². The Morgan fingerprint density at radius 1 is 0.903 bits per heavy atom. The van der Waals surface area contributed by atoms with E-state index < -0.39 is 29.6 Å². The fourth-order valence-corrected chi connectivity index (χ4v) is 3.02. The molecule has 31 heavy (non-hydrogen) atoms. The van der Waals surface area contributed by atoms with Crippen LogP contribution in [-0.2, 0) is 19.1 Å². The Kier molecular flexibility index (Phi) is 8.19. The first-order valence-corrected chi connectivity index (χ1v) is 10.1. The van der Waals surface area contributed by atoms with Crippen LogP contribution in [0.5, 0.6) is 5.75 Å². The number of nitrogens with one attached hydrogen (secondary N) is 2. The van der Waals surface area contributed by atoms with Crippen LogP contribution in [0.3, 0.4) is 0 Å². The molecule has 0 aliphatic heterocycles. The van der Waals surface area contributed by atoms with Gasteiger partial charge in [-0.1, -0.05) is 42.5 Å². The van der Waals surface area contributed by atoms with E-state index in [0.29, 0.717) is 11.3 Å². The van der Waals surface area contributed by atoms with Gasteiger partial charge in [0.05, 0.1) is 19.6 Å². The predicted molar refractivity (Wildman–Crippen MR) is 117 cm³/mol. The number of carbonyl (C=O) groups excluding carboxylic acids is 3. The molecule has 2 aromatic rings. The van der Waals surface area contributed by atoms with Crippen molar-refractivity contribution in [2.75, 3.05) is 7.11 Å². The fourth-order valence-electron chi connectivity index (χ4n) is 3.02. The number of amides is 2. The van der Waals surface area contributed by atoms with Crippen LogP contribution < -0.4 is 15.4 Å². The summed E-state index contributed by atoms with van der Waals surface area (Å²) < 4.78 is 10.7. The lowest BCUT2D eigenvalue weighted by molar-refractivity contribution is -0.159. The first-order chi connectivity index (χ1) is 14.6. The summed E-state index contributed by atoms with van der Waals surface area (Å²) in [6, 6.07) is 14.5. The molecule has 7 heteroatoms. The van der Waals surface area contributed by atoms with E-state index in [1.165, 1.54) is 6.92 Å². The van der Waals surface area contributed by atoms with Gasteiger partial charge in [0.25, 0.3) is 0 Å². The third-order valence-corrected chi connectivity index (χ3v) is 4.37. The average Bonchev–Trinajstić information content (AvgIpc) is 2.70. The Hall–Kier alpha value is -3.35. The summed E-state index contributed by atoms with van der Waals surface area (Å²) >= 11 is 0. The molecule has 2 amide bonds. The van der Waals surface area contributed by atoms with Gasteiger partial charge >= 0.3 is 5.97 Å². The molecule has 0 saturated carbocycles. The highest BCUT2D eigenvalue weighted by atomic mass is 16.6. The van der Waals surface area contributed by atoms with Crippen LogP contribution in [0.2, 0.25) is 0 Å². The molecule has 0 saturated heterocycles. The van der Waals surface area contributed by atoms with E-state index in [-0.39, 0.29) is 12.3 Å². The van der Waals surface area contributed by atoms with E-state index in [0.717, 1.165) is 5.56 Å². The summed E-state index contributed by atoms with van der Waals surface area (Å²) in [6.07, 6.45) is -0.0436. The van der Waals surface area contributed by atoms with Crippen molar-refractivity contribution >= 4 is 17.8 Å². The standard InChI is InChI=1S/C24H30N2O5/c1-16(27)25-20(17-11-13-19(30-5)14-12-17)15-21(28)26-22(18-9-7-6-8-10-18)23(29)31-24(2,3)4/h6-14,20,22H,15H2,1-5H3,(H,25,27)(H,26,28)/t20-,22-/m0/s1. The van der Waals surface area contributed by atoms with Gasteiger partial charge < -0.3 is 20.1 Å². The second-order valence-corrected chi connectivity index (χ2v) is 8.18. The number of benzene rings is 2. The molecule has 2 aromatic carbocycles. The van der Waals surface area contributed by atoms with Crippen LogP contribution in [0, 0.1) is 0 Å². The van der Waals surface area contributed by atoms with E-state index >= 15 is 0 Å². The zero-order chi connectivity index (χ0) is 23.0. The quantitative estimate of drug-likeness (QED) is 0.631. The second-order valence-electron chi connectivity index (χ2n) is 8.18. The minimum Gasteiger partial charge on any atom is -0.497 e. The topological polar surface area (TPSA) is 93.7 Å². The van der Waals surface area contributed by atoms with Gasteiger partial charge in [0, 0.05) is 6.92 Å². The van der Waals surface area contributed by atoms with Crippen molar-refractivity contribution in [3.05, 3.63) is 65.7 Å². The van der Waals surface area contributed by atoms with E-state index in [2.05, 4.69) is 10.6 Å². The molecule has 0 unspecified atom stereocenters. The van der Waals surface area contributed by atoms with Gasteiger partial charge in [0.2, 0.25) is 11.8 Å². The summed E-state index contributed by atoms with van der Waals surface area (Å²) in [5, 5.41) is 5.55. The van der Waals surface area contributed by atoms with Crippen molar-refractivity contribution in [2.45, 2.75) is 51.8 Å². The lowest BCUT2D eigenvalue weighted by atomic mass is 10.0. The highest BCUT2D eigenvalue weighted by Crippen LogP contribution is 2.23. The molecule has 0 aliphatic carbocycles. The Balaban J connectivity index is 2.21. The molecule has 0 radical (unpaired) electrons. The highest BCUT2D eigenvalue weighted by Gasteiger charge is 2.29. The van der Waals surface area contributed by atoms with Gasteiger partial charge in [-0.2, -0.15) is 0 Å². The van der Waals surface area contributed by atoms with Crippen molar-refractivity contribution < 1.29 is 23.9 Å². The maximum Gasteiger partial charge on any atom is 0.333 e. The SMILES string of the molecule is COc1ccc([C@H](CC(=O)N[C@H](C(=O)OC(C)(C)C)c2ccccc2)NC(C)=O)cc1. The molecular weight excluding hydrogens is 396 g/mol. The monoisotopic (exact) mass is 426 g/mol.